The number of fused-ring (bicyclic) bond motifs is 1. The van der Waals surface area contributed by atoms with Crippen LogP contribution in [0.4, 0.5) is 23.2 Å². The highest BCUT2D eigenvalue weighted by Gasteiger charge is 2.46. The average molecular weight is 426 g/mol. The van der Waals surface area contributed by atoms with Crippen LogP contribution in [0.2, 0.25) is 5.02 Å². The molecule has 2 aromatic heterocycles. The molecule has 4 rings (SSSR count). The van der Waals surface area contributed by atoms with E-state index in [1.807, 2.05) is 0 Å². The van der Waals surface area contributed by atoms with Gasteiger partial charge in [0.25, 0.3) is 0 Å². The summed E-state index contributed by atoms with van der Waals surface area (Å²) in [5.74, 6) is -0.485. The third kappa shape index (κ3) is 3.86. The highest BCUT2D eigenvalue weighted by Crippen LogP contribution is 2.44. The van der Waals surface area contributed by atoms with Crippen LogP contribution in [0.1, 0.15) is 24.2 Å². The van der Waals surface area contributed by atoms with E-state index < -0.39 is 29.2 Å². The molecule has 0 aliphatic heterocycles. The predicted octanol–water partition coefficient (Wildman–Crippen LogP) is 4.95. The summed E-state index contributed by atoms with van der Waals surface area (Å²) in [6.07, 6.45) is -3.32. The Bertz CT molecular complexity index is 1050. The molecule has 0 bridgehead atoms. The van der Waals surface area contributed by atoms with Gasteiger partial charge < -0.3 is 10.4 Å². The van der Waals surface area contributed by atoms with Gasteiger partial charge in [-0.2, -0.15) is 13.2 Å². The van der Waals surface area contributed by atoms with Crippen LogP contribution in [-0.4, -0.2) is 27.7 Å². The zero-order valence-electron chi connectivity index (χ0n) is 15.0. The second-order valence-corrected chi connectivity index (χ2v) is 7.71. The molecule has 1 aliphatic rings. The average Bonchev–Trinajstić information content (AvgIpc) is 2.64. The van der Waals surface area contributed by atoms with Crippen molar-refractivity contribution in [1.29, 1.82) is 0 Å². The summed E-state index contributed by atoms with van der Waals surface area (Å²) in [5, 5.41) is 13.7. The topological polar surface area (TPSA) is 58.0 Å². The molecule has 9 heteroatoms. The fourth-order valence-corrected chi connectivity index (χ4v) is 3.90. The molecule has 4 nitrogen and oxygen atoms in total. The summed E-state index contributed by atoms with van der Waals surface area (Å²) in [6.45, 7) is 0.214. The number of nitrogens with one attached hydrogen (secondary N) is 1. The Morgan fingerprint density at radius 3 is 2.55 bits per heavy atom. The minimum absolute atomic E-state index is 0.161. The molecule has 2 heterocycles. The second-order valence-electron chi connectivity index (χ2n) is 7.27. The molecule has 0 spiro atoms. The van der Waals surface area contributed by atoms with Gasteiger partial charge in [-0.1, -0.05) is 11.6 Å². The minimum atomic E-state index is -4.60. The zero-order chi connectivity index (χ0) is 20.8. The van der Waals surface area contributed by atoms with E-state index in [-0.39, 0.29) is 17.7 Å². The van der Waals surface area contributed by atoms with Gasteiger partial charge in [-0.25, -0.2) is 9.37 Å². The number of pyridine rings is 2. The van der Waals surface area contributed by atoms with E-state index in [1.165, 1.54) is 24.3 Å². The maximum atomic E-state index is 13.3. The lowest BCUT2D eigenvalue weighted by Gasteiger charge is -2.45. The summed E-state index contributed by atoms with van der Waals surface area (Å²) in [5.41, 5.74) is -0.664. The fourth-order valence-electron chi connectivity index (χ4n) is 3.73. The minimum Gasteiger partial charge on any atom is -0.393 e. The van der Waals surface area contributed by atoms with Crippen LogP contribution in [0.15, 0.2) is 42.6 Å². The van der Waals surface area contributed by atoms with Crippen LogP contribution in [0.5, 0.6) is 0 Å². The summed E-state index contributed by atoms with van der Waals surface area (Å²) in [6, 6.07) is 8.21. The molecule has 0 radical (unpaired) electrons. The summed E-state index contributed by atoms with van der Waals surface area (Å²) >= 11 is 6.02. The Kier molecular flexibility index (Phi) is 4.86. The Morgan fingerprint density at radius 2 is 1.93 bits per heavy atom. The first-order valence-electron chi connectivity index (χ1n) is 8.88. The van der Waals surface area contributed by atoms with E-state index in [0.717, 1.165) is 12.3 Å². The van der Waals surface area contributed by atoms with Crippen molar-refractivity contribution < 1.29 is 22.7 Å². The third-order valence-electron chi connectivity index (χ3n) is 5.20. The molecule has 1 aromatic carbocycles. The van der Waals surface area contributed by atoms with Crippen LogP contribution >= 0.6 is 11.6 Å². The first-order valence-corrected chi connectivity index (χ1v) is 9.26. The maximum absolute atomic E-state index is 13.3. The molecule has 1 aliphatic carbocycles. The van der Waals surface area contributed by atoms with Crippen molar-refractivity contribution in [2.45, 2.75) is 30.5 Å². The molecule has 0 saturated heterocycles. The van der Waals surface area contributed by atoms with Crippen molar-refractivity contribution >= 4 is 28.2 Å². The molecule has 1 fully saturated rings. The predicted molar refractivity (Wildman–Crippen MR) is 101 cm³/mol. The van der Waals surface area contributed by atoms with E-state index in [9.17, 15) is 22.7 Å². The molecule has 152 valence electrons. The lowest BCUT2D eigenvalue weighted by atomic mass is 9.64. The Morgan fingerprint density at radius 1 is 1.17 bits per heavy atom. The maximum Gasteiger partial charge on any atom is 0.433 e. The Balaban J connectivity index is 1.71. The van der Waals surface area contributed by atoms with Gasteiger partial charge in [0, 0.05) is 33.7 Å². The Hall–Kier alpha value is -2.45. The van der Waals surface area contributed by atoms with Crippen molar-refractivity contribution in [2.24, 2.45) is 0 Å². The van der Waals surface area contributed by atoms with Crippen molar-refractivity contribution in [3.63, 3.8) is 0 Å². The van der Waals surface area contributed by atoms with Gasteiger partial charge in [0.05, 0.1) is 17.8 Å². The fraction of sp³-hybridized carbons (Fsp3) is 0.300. The lowest BCUT2D eigenvalue weighted by molar-refractivity contribution is -0.140. The number of hydrogen-bond donors (Lipinski definition) is 2. The third-order valence-corrected chi connectivity index (χ3v) is 5.44. The number of aromatic nitrogens is 2. The van der Waals surface area contributed by atoms with Crippen LogP contribution < -0.4 is 5.32 Å². The number of aliphatic hydroxyl groups is 1. The summed E-state index contributed by atoms with van der Waals surface area (Å²) < 4.78 is 53.1. The second kappa shape index (κ2) is 7.11. The van der Waals surface area contributed by atoms with Crippen LogP contribution in [-0.2, 0) is 11.6 Å². The van der Waals surface area contributed by atoms with E-state index in [2.05, 4.69) is 15.3 Å². The van der Waals surface area contributed by atoms with E-state index in [4.69, 9.17) is 11.6 Å². The number of anilines is 1. The first-order chi connectivity index (χ1) is 13.7. The zero-order valence-corrected chi connectivity index (χ0v) is 15.7. The molecule has 0 amide bonds. The normalized spacial score (nSPS) is 21.8. The van der Waals surface area contributed by atoms with Gasteiger partial charge in [0.15, 0.2) is 0 Å². The number of halogens is 5. The lowest BCUT2D eigenvalue weighted by Crippen LogP contribution is -2.49. The molecular weight excluding hydrogens is 410 g/mol. The van der Waals surface area contributed by atoms with E-state index >= 15 is 0 Å². The quantitative estimate of drug-likeness (QED) is 0.581. The number of nitrogens with zero attached hydrogens (tertiary/aromatic N) is 2. The number of hydrogen-bond acceptors (Lipinski definition) is 4. The van der Waals surface area contributed by atoms with Gasteiger partial charge >= 0.3 is 6.18 Å². The number of benzene rings is 1. The molecule has 3 aromatic rings. The summed E-state index contributed by atoms with van der Waals surface area (Å²) in [7, 11) is 0. The van der Waals surface area contributed by atoms with Gasteiger partial charge in [-0.15, -0.1) is 0 Å². The first kappa shape index (κ1) is 19.8. The molecule has 29 heavy (non-hydrogen) atoms. The van der Waals surface area contributed by atoms with Crippen molar-refractivity contribution in [2.75, 3.05) is 11.9 Å². The molecule has 0 unspecified atom stereocenters. The Labute approximate surface area is 168 Å². The van der Waals surface area contributed by atoms with Gasteiger partial charge in [0.1, 0.15) is 11.5 Å². The van der Waals surface area contributed by atoms with Crippen LogP contribution in [0.25, 0.3) is 10.9 Å². The van der Waals surface area contributed by atoms with E-state index in [1.54, 1.807) is 6.07 Å². The highest BCUT2D eigenvalue weighted by molar-refractivity contribution is 6.31. The van der Waals surface area contributed by atoms with Gasteiger partial charge in [-0.05, 0) is 49.2 Å². The number of rotatable bonds is 4. The SMILES string of the molecule is OC1CC(CNc2cc(C(F)(F)F)nc3ccc(Cl)cc23)(c2ccc(F)cn2)C1. The smallest absolute Gasteiger partial charge is 0.393 e. The number of alkyl halides is 3. The molecule has 2 N–H and O–H groups in total. The molecular formula is C20H16ClF4N3O. The van der Waals surface area contributed by atoms with Crippen LogP contribution in [0.3, 0.4) is 0 Å². The van der Waals surface area contributed by atoms with E-state index in [0.29, 0.717) is 28.9 Å². The van der Waals surface area contributed by atoms with Crippen molar-refractivity contribution in [1.82, 2.24) is 9.97 Å². The molecule has 0 atom stereocenters. The monoisotopic (exact) mass is 425 g/mol. The molecule has 1 saturated carbocycles. The van der Waals surface area contributed by atoms with Gasteiger partial charge in [-0.3, -0.25) is 4.98 Å². The highest BCUT2D eigenvalue weighted by atomic mass is 35.5. The van der Waals surface area contributed by atoms with Crippen molar-refractivity contribution in [3.8, 4) is 0 Å². The van der Waals surface area contributed by atoms with Gasteiger partial charge in [0.2, 0.25) is 0 Å². The number of aliphatic hydroxyl groups excluding tert-OH is 1. The summed E-state index contributed by atoms with van der Waals surface area (Å²) in [4.78, 5) is 7.80. The van der Waals surface area contributed by atoms with Crippen molar-refractivity contribution in [3.05, 3.63) is 64.8 Å². The standard InChI is InChI=1S/C20H16ClF4N3O/c21-11-1-3-15-14(5-11)16(6-18(28-15)20(23,24)25)27-10-19(7-13(29)8-19)17-4-2-12(22)9-26-17/h1-6,9,13,29H,7-8,10H2,(H,27,28). The van der Waals surface area contributed by atoms with Crippen LogP contribution in [0, 0.1) is 5.82 Å². The largest absolute Gasteiger partial charge is 0.433 e.